The summed E-state index contributed by atoms with van der Waals surface area (Å²) in [6.07, 6.45) is 1.52. The molecule has 5 rings (SSSR count). The zero-order valence-corrected chi connectivity index (χ0v) is 19.2. The summed E-state index contributed by atoms with van der Waals surface area (Å²) in [5.41, 5.74) is 3.71. The lowest BCUT2D eigenvalue weighted by atomic mass is 10.0. The highest BCUT2D eigenvalue weighted by Gasteiger charge is 2.47. The number of thioether (sulfide) groups is 1. The van der Waals surface area contributed by atoms with Gasteiger partial charge in [0.25, 0.3) is 5.91 Å². The van der Waals surface area contributed by atoms with Crippen LogP contribution in [0.3, 0.4) is 0 Å². The Morgan fingerprint density at radius 2 is 1.81 bits per heavy atom. The molecule has 1 N–H and O–H groups in total. The van der Waals surface area contributed by atoms with Crippen molar-refractivity contribution in [1.29, 1.82) is 0 Å². The maximum Gasteiger partial charge on any atom is 0.321 e. The first-order chi connectivity index (χ1) is 15.5. The van der Waals surface area contributed by atoms with Crippen LogP contribution in [-0.2, 0) is 0 Å². The fourth-order valence-corrected chi connectivity index (χ4v) is 6.09. The van der Waals surface area contributed by atoms with Crippen LogP contribution >= 0.6 is 11.8 Å². The Kier molecular flexibility index (Phi) is 5.41. The molecular formula is C24H27N3O4S. The van der Waals surface area contributed by atoms with Crippen LogP contribution in [0, 0.1) is 13.8 Å². The third-order valence-electron chi connectivity index (χ3n) is 6.72. The Morgan fingerprint density at radius 3 is 2.62 bits per heavy atom. The number of aryl methyl sites for hydroxylation is 1. The van der Waals surface area contributed by atoms with E-state index in [9.17, 15) is 9.59 Å². The minimum absolute atomic E-state index is 0.0154. The molecule has 2 fully saturated rings. The molecule has 3 amide bonds. The number of urea groups is 1. The number of amides is 3. The van der Waals surface area contributed by atoms with Gasteiger partial charge in [-0.25, -0.2) is 4.79 Å². The van der Waals surface area contributed by atoms with Crippen LogP contribution in [-0.4, -0.2) is 58.8 Å². The van der Waals surface area contributed by atoms with Gasteiger partial charge in [-0.1, -0.05) is 12.1 Å². The van der Waals surface area contributed by atoms with E-state index in [0.29, 0.717) is 36.7 Å². The summed E-state index contributed by atoms with van der Waals surface area (Å²) in [5.74, 6) is 2.22. The standard InChI is InChI=1S/C24H27N3O4S/c1-16-4-3-5-19(17(16)2)25-23(29)26-10-8-24(9-11-26)27(12-13-32-24)22(28)18-6-7-20-21(14-18)31-15-30-20/h3-7,14H,8-13,15H2,1-2H3,(H,25,29). The molecule has 168 valence electrons. The van der Waals surface area contributed by atoms with Crippen LogP contribution in [0.2, 0.25) is 0 Å². The number of hydrogen-bond donors (Lipinski definition) is 1. The number of piperidine rings is 1. The average Bonchev–Trinajstić information content (AvgIpc) is 3.43. The van der Waals surface area contributed by atoms with Crippen molar-refractivity contribution in [2.45, 2.75) is 31.6 Å². The predicted molar refractivity (Wildman–Crippen MR) is 125 cm³/mol. The Morgan fingerprint density at radius 1 is 1.03 bits per heavy atom. The minimum atomic E-state index is -0.260. The van der Waals surface area contributed by atoms with E-state index in [-0.39, 0.29) is 23.6 Å². The van der Waals surface area contributed by atoms with E-state index in [1.54, 1.807) is 18.2 Å². The van der Waals surface area contributed by atoms with Gasteiger partial charge in [-0.05, 0) is 62.1 Å². The van der Waals surface area contributed by atoms with E-state index in [1.807, 2.05) is 53.6 Å². The van der Waals surface area contributed by atoms with Gasteiger partial charge in [0.1, 0.15) is 0 Å². The van der Waals surface area contributed by atoms with Crippen LogP contribution < -0.4 is 14.8 Å². The van der Waals surface area contributed by atoms with E-state index in [1.165, 1.54) is 0 Å². The van der Waals surface area contributed by atoms with Crippen molar-refractivity contribution >= 4 is 29.4 Å². The summed E-state index contributed by atoms with van der Waals surface area (Å²) in [4.78, 5) is 29.8. The summed E-state index contributed by atoms with van der Waals surface area (Å²) in [5, 5.41) is 3.06. The number of nitrogens with one attached hydrogen (secondary N) is 1. The maximum absolute atomic E-state index is 13.4. The molecule has 2 aromatic carbocycles. The van der Waals surface area contributed by atoms with Gasteiger partial charge in [0.05, 0.1) is 4.87 Å². The van der Waals surface area contributed by atoms with Crippen molar-refractivity contribution in [1.82, 2.24) is 9.80 Å². The van der Waals surface area contributed by atoms with Crippen molar-refractivity contribution in [2.75, 3.05) is 37.5 Å². The first-order valence-corrected chi connectivity index (χ1v) is 11.9. The predicted octanol–water partition coefficient (Wildman–Crippen LogP) is 4.25. The Hall–Kier alpha value is -2.87. The summed E-state index contributed by atoms with van der Waals surface area (Å²) in [7, 11) is 0. The molecule has 2 aromatic rings. The molecule has 1 spiro atoms. The first kappa shape index (κ1) is 21.0. The topological polar surface area (TPSA) is 71.1 Å². The number of likely N-dealkylation sites (tertiary alicyclic amines) is 1. The highest BCUT2D eigenvalue weighted by atomic mass is 32.2. The number of anilines is 1. The average molecular weight is 454 g/mol. The molecule has 32 heavy (non-hydrogen) atoms. The number of nitrogens with zero attached hydrogens (tertiary/aromatic N) is 2. The summed E-state index contributed by atoms with van der Waals surface area (Å²) in [6.45, 7) is 6.20. The molecule has 3 heterocycles. The van der Waals surface area contributed by atoms with Crippen molar-refractivity contribution in [2.24, 2.45) is 0 Å². The van der Waals surface area contributed by atoms with Crippen molar-refractivity contribution in [3.63, 3.8) is 0 Å². The third kappa shape index (κ3) is 3.66. The van der Waals surface area contributed by atoms with Crippen LogP contribution in [0.15, 0.2) is 36.4 Å². The highest BCUT2D eigenvalue weighted by molar-refractivity contribution is 8.00. The lowest BCUT2D eigenvalue weighted by molar-refractivity contribution is 0.0585. The number of rotatable bonds is 2. The lowest BCUT2D eigenvalue weighted by Crippen LogP contribution is -2.54. The molecule has 0 aromatic heterocycles. The van der Waals surface area contributed by atoms with Gasteiger partial charge in [-0.2, -0.15) is 0 Å². The second-order valence-electron chi connectivity index (χ2n) is 8.48. The van der Waals surface area contributed by atoms with E-state index >= 15 is 0 Å². The number of carbonyl (C=O) groups is 2. The Bertz CT molecular complexity index is 1070. The molecule has 0 saturated carbocycles. The molecule has 7 nitrogen and oxygen atoms in total. The third-order valence-corrected chi connectivity index (χ3v) is 8.27. The number of carbonyl (C=O) groups excluding carboxylic acids is 2. The monoisotopic (exact) mass is 453 g/mol. The maximum atomic E-state index is 13.4. The molecule has 0 radical (unpaired) electrons. The van der Waals surface area contributed by atoms with Gasteiger partial charge in [0.2, 0.25) is 6.79 Å². The molecule has 0 aliphatic carbocycles. The zero-order valence-electron chi connectivity index (χ0n) is 18.3. The van der Waals surface area contributed by atoms with Crippen LogP contribution in [0.5, 0.6) is 11.5 Å². The number of fused-ring (bicyclic) bond motifs is 1. The summed E-state index contributed by atoms with van der Waals surface area (Å²) < 4.78 is 10.8. The Balaban J connectivity index is 1.26. The highest BCUT2D eigenvalue weighted by Crippen LogP contribution is 2.45. The zero-order chi connectivity index (χ0) is 22.3. The van der Waals surface area contributed by atoms with Gasteiger partial charge in [0.15, 0.2) is 11.5 Å². The number of ether oxygens (including phenoxy) is 2. The van der Waals surface area contributed by atoms with E-state index in [4.69, 9.17) is 9.47 Å². The van der Waals surface area contributed by atoms with Gasteiger partial charge >= 0.3 is 6.03 Å². The molecular weight excluding hydrogens is 426 g/mol. The van der Waals surface area contributed by atoms with E-state index in [0.717, 1.165) is 35.4 Å². The smallest absolute Gasteiger partial charge is 0.321 e. The second-order valence-corrected chi connectivity index (χ2v) is 9.94. The molecule has 8 heteroatoms. The van der Waals surface area contributed by atoms with Crippen molar-refractivity contribution in [3.8, 4) is 11.5 Å². The fourth-order valence-electron chi connectivity index (χ4n) is 4.63. The van der Waals surface area contributed by atoms with E-state index in [2.05, 4.69) is 5.32 Å². The van der Waals surface area contributed by atoms with Crippen LogP contribution in [0.25, 0.3) is 0 Å². The molecule has 0 bridgehead atoms. The summed E-state index contributed by atoms with van der Waals surface area (Å²) in [6, 6.07) is 11.2. The summed E-state index contributed by atoms with van der Waals surface area (Å²) >= 11 is 1.84. The molecule has 3 aliphatic rings. The number of benzene rings is 2. The fraction of sp³-hybridized carbons (Fsp3) is 0.417. The molecule has 0 unspecified atom stereocenters. The van der Waals surface area contributed by atoms with Crippen molar-refractivity contribution < 1.29 is 19.1 Å². The van der Waals surface area contributed by atoms with Gasteiger partial charge < -0.3 is 24.6 Å². The van der Waals surface area contributed by atoms with Gasteiger partial charge in [-0.15, -0.1) is 11.8 Å². The quantitative estimate of drug-likeness (QED) is 0.736. The molecule has 0 atom stereocenters. The van der Waals surface area contributed by atoms with Gasteiger partial charge in [0, 0.05) is 36.6 Å². The van der Waals surface area contributed by atoms with Crippen LogP contribution in [0.4, 0.5) is 10.5 Å². The largest absolute Gasteiger partial charge is 0.454 e. The van der Waals surface area contributed by atoms with Crippen molar-refractivity contribution in [3.05, 3.63) is 53.1 Å². The first-order valence-electron chi connectivity index (χ1n) is 10.9. The lowest BCUT2D eigenvalue weighted by Gasteiger charge is -2.44. The second kappa shape index (κ2) is 8.24. The van der Waals surface area contributed by atoms with E-state index < -0.39 is 0 Å². The molecule has 3 aliphatic heterocycles. The SMILES string of the molecule is Cc1cccc(NC(=O)N2CCC3(CC2)SCCN3C(=O)c2ccc3c(c2)OCO3)c1C. The molecule has 2 saturated heterocycles. The Labute approximate surface area is 192 Å². The van der Waals surface area contributed by atoms with Crippen LogP contribution in [0.1, 0.15) is 34.3 Å². The van der Waals surface area contributed by atoms with Gasteiger partial charge in [-0.3, -0.25) is 4.79 Å². The minimum Gasteiger partial charge on any atom is -0.454 e. The normalized spacial score (nSPS) is 18.8. The number of hydrogen-bond acceptors (Lipinski definition) is 5.